The molecule has 0 amide bonds. The van der Waals surface area contributed by atoms with Crippen LogP contribution in [0.3, 0.4) is 0 Å². The van der Waals surface area contributed by atoms with Crippen molar-refractivity contribution < 1.29 is 19.4 Å². The lowest BCUT2D eigenvalue weighted by molar-refractivity contribution is 0.0689. The second kappa shape index (κ2) is 4.56. The van der Waals surface area contributed by atoms with Gasteiger partial charge < -0.3 is 14.6 Å². The van der Waals surface area contributed by atoms with E-state index in [0.717, 1.165) is 22.6 Å². The summed E-state index contributed by atoms with van der Waals surface area (Å²) in [5, 5.41) is 13.0. The molecule has 6 nitrogen and oxygen atoms in total. The van der Waals surface area contributed by atoms with E-state index in [1.54, 1.807) is 17.8 Å². The van der Waals surface area contributed by atoms with Crippen molar-refractivity contribution in [2.45, 2.75) is 6.92 Å². The molecule has 0 unspecified atom stereocenters. The highest BCUT2D eigenvalue weighted by Crippen LogP contribution is 2.37. The molecule has 1 aromatic carbocycles. The van der Waals surface area contributed by atoms with Crippen molar-refractivity contribution >= 4 is 5.97 Å². The van der Waals surface area contributed by atoms with Crippen LogP contribution in [-0.2, 0) is 7.05 Å². The Labute approximate surface area is 115 Å². The molecule has 1 aliphatic heterocycles. The van der Waals surface area contributed by atoms with Gasteiger partial charge >= 0.3 is 5.97 Å². The number of ether oxygens (including phenoxy) is 2. The van der Waals surface area contributed by atoms with Crippen molar-refractivity contribution in [2.75, 3.05) is 13.2 Å². The van der Waals surface area contributed by atoms with Crippen LogP contribution in [0.1, 0.15) is 16.1 Å². The molecule has 20 heavy (non-hydrogen) atoms. The van der Waals surface area contributed by atoms with Crippen LogP contribution < -0.4 is 9.47 Å². The second-order valence-electron chi connectivity index (χ2n) is 4.65. The molecule has 0 fully saturated rings. The van der Waals surface area contributed by atoms with Crippen LogP contribution in [0.4, 0.5) is 0 Å². The zero-order chi connectivity index (χ0) is 14.3. The largest absolute Gasteiger partial charge is 0.486 e. The number of aryl methyl sites for hydroxylation is 2. The van der Waals surface area contributed by atoms with E-state index in [1.807, 2.05) is 19.1 Å². The fourth-order valence-corrected chi connectivity index (χ4v) is 2.29. The molecule has 104 valence electrons. The minimum atomic E-state index is -1.04. The zero-order valence-electron chi connectivity index (χ0n) is 11.2. The summed E-state index contributed by atoms with van der Waals surface area (Å²) in [6, 6.07) is 5.32. The highest BCUT2D eigenvalue weighted by Gasteiger charge is 2.18. The van der Waals surface area contributed by atoms with Gasteiger partial charge in [-0.05, 0) is 30.7 Å². The first-order valence-corrected chi connectivity index (χ1v) is 6.24. The average molecular weight is 274 g/mol. The molecule has 3 rings (SSSR count). The zero-order valence-corrected chi connectivity index (χ0v) is 11.2. The quantitative estimate of drug-likeness (QED) is 0.904. The van der Waals surface area contributed by atoms with Gasteiger partial charge in [0, 0.05) is 12.6 Å². The lowest BCUT2D eigenvalue weighted by Crippen LogP contribution is -2.15. The highest BCUT2D eigenvalue weighted by molar-refractivity contribution is 5.87. The predicted octanol–water partition coefficient (Wildman–Crippen LogP) is 1.86. The Bertz CT molecular complexity index is 691. The molecule has 1 aromatic heterocycles. The summed E-state index contributed by atoms with van der Waals surface area (Å²) >= 11 is 0. The SMILES string of the molecule is Cc1cc2c(cc1-c1cc(C(=O)O)nn1C)OCCO2. The van der Waals surface area contributed by atoms with Crippen LogP contribution in [0.5, 0.6) is 11.5 Å². The molecular weight excluding hydrogens is 260 g/mol. The molecule has 6 heteroatoms. The third kappa shape index (κ3) is 1.99. The van der Waals surface area contributed by atoms with Gasteiger partial charge in [-0.15, -0.1) is 0 Å². The summed E-state index contributed by atoms with van der Waals surface area (Å²) in [7, 11) is 1.72. The number of carboxylic acid groups (broad SMARTS) is 1. The topological polar surface area (TPSA) is 73.6 Å². The van der Waals surface area contributed by atoms with Crippen LogP contribution in [-0.4, -0.2) is 34.1 Å². The van der Waals surface area contributed by atoms with Gasteiger partial charge in [-0.2, -0.15) is 5.10 Å². The minimum Gasteiger partial charge on any atom is -0.486 e. The number of hydrogen-bond acceptors (Lipinski definition) is 4. The van der Waals surface area contributed by atoms with Gasteiger partial charge in [0.1, 0.15) is 13.2 Å². The Morgan fingerprint density at radius 1 is 1.25 bits per heavy atom. The van der Waals surface area contributed by atoms with Crippen molar-refractivity contribution in [3.05, 3.63) is 29.5 Å². The molecule has 2 aromatic rings. The number of aromatic carboxylic acids is 1. The first kappa shape index (κ1) is 12.5. The summed E-state index contributed by atoms with van der Waals surface area (Å²) in [4.78, 5) is 11.0. The Hall–Kier alpha value is -2.50. The third-order valence-corrected chi connectivity index (χ3v) is 3.26. The van der Waals surface area contributed by atoms with Gasteiger partial charge in [0.2, 0.25) is 0 Å². The molecule has 0 aliphatic carbocycles. The van der Waals surface area contributed by atoms with Crippen LogP contribution >= 0.6 is 0 Å². The van der Waals surface area contributed by atoms with E-state index in [-0.39, 0.29) is 5.69 Å². The molecule has 0 saturated carbocycles. The first-order chi connectivity index (χ1) is 9.56. The van der Waals surface area contributed by atoms with Crippen LogP contribution in [0.2, 0.25) is 0 Å². The van der Waals surface area contributed by atoms with E-state index in [9.17, 15) is 4.79 Å². The van der Waals surface area contributed by atoms with Gasteiger partial charge in [0.25, 0.3) is 0 Å². The lowest BCUT2D eigenvalue weighted by atomic mass is 10.0. The molecule has 1 aliphatic rings. The summed E-state index contributed by atoms with van der Waals surface area (Å²) in [6.07, 6.45) is 0. The number of carbonyl (C=O) groups is 1. The van der Waals surface area contributed by atoms with Crippen LogP contribution in [0.15, 0.2) is 18.2 Å². The van der Waals surface area contributed by atoms with Crippen molar-refractivity contribution in [3.63, 3.8) is 0 Å². The second-order valence-corrected chi connectivity index (χ2v) is 4.65. The maximum atomic E-state index is 11.0. The lowest BCUT2D eigenvalue weighted by Gasteiger charge is -2.20. The van der Waals surface area contributed by atoms with E-state index in [2.05, 4.69) is 5.10 Å². The number of nitrogens with zero attached hydrogens (tertiary/aromatic N) is 2. The van der Waals surface area contributed by atoms with Crippen molar-refractivity contribution in [3.8, 4) is 22.8 Å². The maximum absolute atomic E-state index is 11.0. The fraction of sp³-hybridized carbons (Fsp3) is 0.286. The summed E-state index contributed by atoms with van der Waals surface area (Å²) in [5.41, 5.74) is 2.62. The Morgan fingerprint density at radius 3 is 2.50 bits per heavy atom. The van der Waals surface area contributed by atoms with Crippen LogP contribution in [0.25, 0.3) is 11.3 Å². The number of rotatable bonds is 2. The van der Waals surface area contributed by atoms with E-state index >= 15 is 0 Å². The van der Waals surface area contributed by atoms with E-state index in [0.29, 0.717) is 19.0 Å². The Morgan fingerprint density at radius 2 is 1.90 bits per heavy atom. The first-order valence-electron chi connectivity index (χ1n) is 6.24. The minimum absolute atomic E-state index is 0.0248. The monoisotopic (exact) mass is 274 g/mol. The number of benzene rings is 1. The Kier molecular flexibility index (Phi) is 2.85. The maximum Gasteiger partial charge on any atom is 0.356 e. The molecule has 0 bridgehead atoms. The molecule has 0 spiro atoms. The van der Waals surface area contributed by atoms with E-state index in [1.165, 1.54) is 0 Å². The van der Waals surface area contributed by atoms with Crippen molar-refractivity contribution in [1.29, 1.82) is 0 Å². The summed E-state index contributed by atoms with van der Waals surface area (Å²) in [6.45, 7) is 3.00. The van der Waals surface area contributed by atoms with Gasteiger partial charge in [-0.25, -0.2) is 4.79 Å². The molecule has 1 N–H and O–H groups in total. The molecule has 2 heterocycles. The number of fused-ring (bicyclic) bond motifs is 1. The van der Waals surface area contributed by atoms with Gasteiger partial charge in [0.05, 0.1) is 5.69 Å². The molecule has 0 atom stereocenters. The van der Waals surface area contributed by atoms with Gasteiger partial charge in [0.15, 0.2) is 17.2 Å². The molecule has 0 radical (unpaired) electrons. The number of aromatic nitrogens is 2. The van der Waals surface area contributed by atoms with Crippen molar-refractivity contribution in [2.24, 2.45) is 7.05 Å². The third-order valence-electron chi connectivity index (χ3n) is 3.26. The van der Waals surface area contributed by atoms with Gasteiger partial charge in [-0.3, -0.25) is 4.68 Å². The van der Waals surface area contributed by atoms with Crippen LogP contribution in [0, 0.1) is 6.92 Å². The standard InChI is InChI=1S/C14H14N2O4/c1-8-5-12-13(20-4-3-19-12)6-9(8)11-7-10(14(17)18)15-16(11)2/h5-7H,3-4H2,1-2H3,(H,17,18). The summed E-state index contributed by atoms with van der Waals surface area (Å²) in [5.74, 6) is 0.357. The predicted molar refractivity (Wildman–Crippen MR) is 71.3 cm³/mol. The molecule has 0 saturated heterocycles. The highest BCUT2D eigenvalue weighted by atomic mass is 16.6. The number of carboxylic acids is 1. The van der Waals surface area contributed by atoms with E-state index in [4.69, 9.17) is 14.6 Å². The van der Waals surface area contributed by atoms with Gasteiger partial charge in [-0.1, -0.05) is 0 Å². The Balaban J connectivity index is 2.12. The molecular formula is C14H14N2O4. The summed E-state index contributed by atoms with van der Waals surface area (Å²) < 4.78 is 12.6. The fourth-order valence-electron chi connectivity index (χ4n) is 2.29. The average Bonchev–Trinajstić information content (AvgIpc) is 2.80. The smallest absolute Gasteiger partial charge is 0.356 e. The van der Waals surface area contributed by atoms with E-state index < -0.39 is 5.97 Å². The van der Waals surface area contributed by atoms with Crippen molar-refractivity contribution in [1.82, 2.24) is 9.78 Å². The normalized spacial score (nSPS) is 13.3. The number of hydrogen-bond donors (Lipinski definition) is 1.